The van der Waals surface area contributed by atoms with Crippen LogP contribution in [0.2, 0.25) is 0 Å². The number of piperazine rings is 1. The van der Waals surface area contributed by atoms with Crippen molar-refractivity contribution in [3.05, 3.63) is 29.8 Å². The average molecular weight is 540 g/mol. The normalized spacial score (nSPS) is 27.3. The number of pyridine rings is 1. The Balaban J connectivity index is 1.48. The summed E-state index contributed by atoms with van der Waals surface area (Å²) in [5, 5.41) is 9.33. The maximum absolute atomic E-state index is 13.4. The van der Waals surface area contributed by atoms with Gasteiger partial charge in [-0.2, -0.15) is 5.26 Å². The van der Waals surface area contributed by atoms with Gasteiger partial charge in [-0.3, -0.25) is 4.79 Å². The summed E-state index contributed by atoms with van der Waals surface area (Å²) in [6.45, 7) is 11.4. The van der Waals surface area contributed by atoms with E-state index in [-0.39, 0.29) is 34.9 Å². The molecule has 3 atom stereocenters. The zero-order valence-corrected chi connectivity index (χ0v) is 23.4. The molecule has 2 saturated heterocycles. The second-order valence-corrected chi connectivity index (χ2v) is 13.9. The molecule has 0 aliphatic carbocycles. The van der Waals surface area contributed by atoms with Crippen molar-refractivity contribution in [1.82, 2.24) is 19.9 Å². The van der Waals surface area contributed by atoms with Crippen LogP contribution in [0.15, 0.2) is 18.6 Å². The van der Waals surface area contributed by atoms with E-state index < -0.39 is 14.6 Å². The van der Waals surface area contributed by atoms with Crippen LogP contribution in [0.25, 0.3) is 0 Å². The van der Waals surface area contributed by atoms with Crippen molar-refractivity contribution in [3.63, 3.8) is 0 Å². The lowest BCUT2D eigenvalue weighted by Crippen LogP contribution is -2.66. The van der Waals surface area contributed by atoms with Gasteiger partial charge in [-0.25, -0.2) is 23.4 Å². The highest BCUT2D eigenvalue weighted by Crippen LogP contribution is 2.48. The first-order valence-corrected chi connectivity index (χ1v) is 14.4. The Morgan fingerprint density at radius 2 is 1.84 bits per heavy atom. The number of carbonyl (C=O) groups is 1. The molecular formula is C26H33N7O4S. The molecule has 0 saturated carbocycles. The van der Waals surface area contributed by atoms with Crippen LogP contribution in [0.1, 0.15) is 52.3 Å². The average Bonchev–Trinajstić information content (AvgIpc) is 3.18. The van der Waals surface area contributed by atoms with Gasteiger partial charge >= 0.3 is 0 Å². The Morgan fingerprint density at radius 1 is 1.13 bits per heavy atom. The fourth-order valence-electron chi connectivity index (χ4n) is 5.80. The van der Waals surface area contributed by atoms with Gasteiger partial charge in [0.2, 0.25) is 5.91 Å². The van der Waals surface area contributed by atoms with Crippen LogP contribution < -0.4 is 14.5 Å². The number of methoxy groups -OCH3 is 1. The number of aromatic nitrogens is 3. The van der Waals surface area contributed by atoms with Crippen molar-refractivity contribution >= 4 is 33.1 Å². The van der Waals surface area contributed by atoms with Crippen molar-refractivity contribution in [2.24, 2.45) is 0 Å². The van der Waals surface area contributed by atoms with E-state index in [4.69, 9.17) is 9.72 Å². The number of nitrogens with zero attached hydrogens (tertiary/aromatic N) is 7. The number of sulfone groups is 1. The van der Waals surface area contributed by atoms with Gasteiger partial charge in [-0.15, -0.1) is 0 Å². The molecule has 1 amide bonds. The molecule has 11 nitrogen and oxygen atoms in total. The van der Waals surface area contributed by atoms with E-state index >= 15 is 0 Å². The van der Waals surface area contributed by atoms with Crippen molar-refractivity contribution in [3.8, 4) is 11.8 Å². The molecule has 12 heteroatoms. The number of rotatable bonds is 4. The third kappa shape index (κ3) is 3.78. The Bertz CT molecular complexity index is 1450. The second-order valence-electron chi connectivity index (χ2n) is 11.3. The number of carbonyl (C=O) groups excluding carboxylic acids is 1. The molecule has 0 spiro atoms. The number of anilines is 3. The molecule has 3 aliphatic heterocycles. The first-order chi connectivity index (χ1) is 17.8. The summed E-state index contributed by atoms with van der Waals surface area (Å²) in [5.74, 6) is 1.74. The fraction of sp³-hybridized carbons (Fsp3) is 0.577. The predicted octanol–water partition coefficient (Wildman–Crippen LogP) is 2.18. The Kier molecular flexibility index (Phi) is 6.06. The van der Waals surface area contributed by atoms with Gasteiger partial charge in [0.1, 0.15) is 28.8 Å². The van der Waals surface area contributed by atoms with Crippen molar-refractivity contribution in [2.75, 3.05) is 42.3 Å². The van der Waals surface area contributed by atoms with E-state index in [1.807, 2.05) is 19.9 Å². The van der Waals surface area contributed by atoms with Crippen LogP contribution in [0.3, 0.4) is 0 Å². The number of fused-ring (bicyclic) bond motifs is 1. The maximum atomic E-state index is 13.4. The van der Waals surface area contributed by atoms with E-state index in [0.29, 0.717) is 31.8 Å². The smallest absolute Gasteiger partial charge is 0.244 e. The first kappa shape index (κ1) is 26.2. The Labute approximate surface area is 223 Å². The molecule has 0 radical (unpaired) electrons. The van der Waals surface area contributed by atoms with Crippen LogP contribution >= 0.6 is 0 Å². The van der Waals surface area contributed by atoms with E-state index in [2.05, 4.69) is 33.6 Å². The number of hydrogen-bond donors (Lipinski definition) is 0. The molecule has 0 bridgehead atoms. The van der Waals surface area contributed by atoms with Crippen LogP contribution in [-0.4, -0.2) is 83.5 Å². The van der Waals surface area contributed by atoms with Gasteiger partial charge in [0.05, 0.1) is 24.7 Å². The summed E-state index contributed by atoms with van der Waals surface area (Å²) in [7, 11) is -1.89. The number of amides is 1. The van der Waals surface area contributed by atoms with Crippen LogP contribution in [0.4, 0.5) is 17.3 Å². The Morgan fingerprint density at radius 3 is 2.45 bits per heavy atom. The molecule has 2 aromatic rings. The number of nitriles is 1. The number of ether oxygens (including phenoxy) is 1. The Hall–Kier alpha value is -3.46. The lowest BCUT2D eigenvalue weighted by Gasteiger charge is -2.49. The lowest BCUT2D eigenvalue weighted by atomic mass is 9.87. The molecule has 0 N–H and O–H groups in total. The molecule has 2 fully saturated rings. The summed E-state index contributed by atoms with van der Waals surface area (Å²) in [6.07, 6.45) is 3.57. The highest BCUT2D eigenvalue weighted by molar-refractivity contribution is 7.95. The lowest BCUT2D eigenvalue weighted by molar-refractivity contribution is -0.137. The van der Waals surface area contributed by atoms with E-state index in [0.717, 1.165) is 22.9 Å². The zero-order valence-electron chi connectivity index (χ0n) is 22.6. The van der Waals surface area contributed by atoms with Crippen molar-refractivity contribution < 1.29 is 17.9 Å². The third-order valence-electron chi connectivity index (χ3n) is 8.27. The molecule has 0 unspecified atom stereocenters. The predicted molar refractivity (Wildman–Crippen MR) is 142 cm³/mol. The van der Waals surface area contributed by atoms with Gasteiger partial charge in [-0.1, -0.05) is 13.8 Å². The largest absolute Gasteiger partial charge is 0.494 e. The summed E-state index contributed by atoms with van der Waals surface area (Å²) in [5.41, 5.74) is 1.67. The SMILES string of the molecule is COc1cc(N2CC(C)(C)c3c2ncnc3N2C[C@@H](C)N(C(=O)[C@]3(C)CCS3(=O)=O)C[C@@H]2C)cnc1C#N. The summed E-state index contributed by atoms with van der Waals surface area (Å²) < 4.78 is 28.9. The highest BCUT2D eigenvalue weighted by Gasteiger charge is 2.57. The fourth-order valence-corrected chi connectivity index (χ4v) is 7.34. The molecule has 38 heavy (non-hydrogen) atoms. The molecule has 202 valence electrons. The molecule has 5 heterocycles. The minimum Gasteiger partial charge on any atom is -0.494 e. The van der Waals surface area contributed by atoms with Crippen LogP contribution in [0.5, 0.6) is 5.75 Å². The van der Waals surface area contributed by atoms with Crippen molar-refractivity contribution in [1.29, 1.82) is 5.26 Å². The molecule has 0 aromatic carbocycles. The topological polar surface area (TPSA) is 133 Å². The van der Waals surface area contributed by atoms with Gasteiger partial charge in [0.25, 0.3) is 0 Å². The van der Waals surface area contributed by atoms with Gasteiger partial charge in [-0.05, 0) is 27.2 Å². The monoisotopic (exact) mass is 539 g/mol. The third-order valence-corrected chi connectivity index (χ3v) is 10.8. The number of hydrogen-bond acceptors (Lipinski definition) is 10. The highest BCUT2D eigenvalue weighted by atomic mass is 32.2. The zero-order chi connectivity index (χ0) is 27.6. The minimum atomic E-state index is -3.41. The summed E-state index contributed by atoms with van der Waals surface area (Å²) in [6, 6.07) is 3.57. The van der Waals surface area contributed by atoms with E-state index in [1.165, 1.54) is 7.11 Å². The summed E-state index contributed by atoms with van der Waals surface area (Å²) >= 11 is 0. The molecule has 3 aliphatic rings. The molecule has 2 aromatic heterocycles. The molecule has 5 rings (SSSR count). The van der Waals surface area contributed by atoms with Crippen molar-refractivity contribution in [2.45, 2.75) is 63.3 Å². The second kappa shape index (κ2) is 8.80. The maximum Gasteiger partial charge on any atom is 0.244 e. The summed E-state index contributed by atoms with van der Waals surface area (Å²) in [4.78, 5) is 33.0. The van der Waals surface area contributed by atoms with Gasteiger partial charge in [0, 0.05) is 48.8 Å². The van der Waals surface area contributed by atoms with Gasteiger partial charge in [0.15, 0.2) is 21.3 Å². The van der Waals surface area contributed by atoms with E-state index in [1.54, 1.807) is 30.4 Å². The van der Waals surface area contributed by atoms with E-state index in [9.17, 15) is 18.5 Å². The molecular weight excluding hydrogens is 506 g/mol. The standard InChI is InChI=1S/C26H33N7O4S/c1-16-13-32(24(34)26(5)7-8-38(26,35)36)17(2)12-31(16)22-21-23(30-15-29-22)33(14-25(21,3)4)18-9-20(37-6)19(10-27)28-11-18/h9,11,15-17H,7-8,12-14H2,1-6H3/t16-,17+,26-/m0/s1. The minimum absolute atomic E-state index is 0.0679. The van der Waals surface area contributed by atoms with Gasteiger partial charge < -0.3 is 19.4 Å². The first-order valence-electron chi connectivity index (χ1n) is 12.7. The quantitative estimate of drug-likeness (QED) is 0.569. The van der Waals surface area contributed by atoms with Crippen LogP contribution in [-0.2, 0) is 20.0 Å². The van der Waals surface area contributed by atoms with Crippen LogP contribution in [0, 0.1) is 11.3 Å².